The van der Waals surface area contributed by atoms with E-state index in [1.54, 1.807) is 13.0 Å². The highest BCUT2D eigenvalue weighted by Gasteiger charge is 2.85. The second-order valence-electron chi connectivity index (χ2n) is 30.4. The second kappa shape index (κ2) is 27.0. The summed E-state index contributed by atoms with van der Waals surface area (Å²) in [6, 6.07) is 0. The van der Waals surface area contributed by atoms with Gasteiger partial charge in [0, 0.05) is 20.8 Å². The zero-order valence-corrected chi connectivity index (χ0v) is 61.8. The van der Waals surface area contributed by atoms with Gasteiger partial charge in [-0.3, -0.25) is 23.7 Å². The molecule has 4 rings (SSSR count). The van der Waals surface area contributed by atoms with Gasteiger partial charge in [-0.1, -0.05) is 57.8 Å². The normalized spacial score (nSPS) is 46.8. The van der Waals surface area contributed by atoms with Crippen LogP contribution in [0.25, 0.3) is 0 Å². The maximum Gasteiger partial charge on any atom is 0.397 e. The van der Waals surface area contributed by atoms with Gasteiger partial charge in [0.05, 0.1) is 30.5 Å². The summed E-state index contributed by atoms with van der Waals surface area (Å²) >= 11 is 0. The zero-order chi connectivity index (χ0) is 73.1. The van der Waals surface area contributed by atoms with Crippen molar-refractivity contribution < 1.29 is 105 Å². The largest absolute Gasteiger partial charge is 0.397 e. The highest BCUT2D eigenvalue weighted by atomic mass is 32.3. The molecule has 4 fully saturated rings. The standard InChI is InChI=1S/C67H120N4O22S/c1-26-28-29-30-31-32-33-34-35-36-37-38-39-40-48(77)71-54(12)59(17,80)57(15,78)49(7,27-2)88-65(54,23)91-62(20)50(8,41-72)89-66(24,55(13,60(62,18)81)69-46(5)75)92-63(21)51(9,42-73)90-67(25,56(14,61(63,19)82)70-47(6)76)93-64(22)52(10,43-86-94(83,84)85)87-44(3)53(11,58(64,16)79)68-45(4)74/h32-33,39-40,44,72-73,78-82H,26-31,34-38,41-43H2,1-25H3,(H,68,74)(H,69,75)(H,70,76)(H,71,77)(H,83,84,85)/b33-32-,40-39-/t44?,49?,50?,51?,52?,53?,54?,55?,56?,57-,58-,59-,60-,61-,62-,63-,64-,65+,66+,67+/m1/s1. The molecule has 0 aromatic carbocycles. The van der Waals surface area contributed by atoms with Crippen LogP contribution in [-0.4, -0.2) is 205 Å². The van der Waals surface area contributed by atoms with Gasteiger partial charge < -0.3 is 90.2 Å². The summed E-state index contributed by atoms with van der Waals surface area (Å²) in [5.74, 6) is -10.7. The van der Waals surface area contributed by atoms with Crippen LogP contribution >= 0.6 is 0 Å². The molecule has 9 unspecified atom stereocenters. The van der Waals surface area contributed by atoms with Crippen LogP contribution in [0.2, 0.25) is 0 Å². The van der Waals surface area contributed by atoms with Gasteiger partial charge in [-0.15, -0.1) is 0 Å². The summed E-state index contributed by atoms with van der Waals surface area (Å²) in [4.78, 5) is 55.3. The van der Waals surface area contributed by atoms with Crippen LogP contribution in [0.4, 0.5) is 0 Å². The molecule has 12 N–H and O–H groups in total. The lowest BCUT2D eigenvalue weighted by Gasteiger charge is -2.75. The molecular weight excluding hydrogens is 1240 g/mol. The van der Waals surface area contributed by atoms with E-state index in [1.807, 2.05) is 0 Å². The van der Waals surface area contributed by atoms with E-state index in [0.717, 1.165) is 46.0 Å². The molecule has 546 valence electrons. The van der Waals surface area contributed by atoms with Crippen LogP contribution in [-0.2, 0) is 66.9 Å². The molecule has 4 saturated heterocycles. The second-order valence-corrected chi connectivity index (χ2v) is 31.5. The van der Waals surface area contributed by atoms with Crippen molar-refractivity contribution in [2.75, 3.05) is 19.8 Å². The third-order valence-corrected chi connectivity index (χ3v) is 24.9. The monoisotopic (exact) mass is 1360 g/mol. The van der Waals surface area contributed by atoms with Gasteiger partial charge in [0.25, 0.3) is 0 Å². The first-order valence-corrected chi connectivity index (χ1v) is 34.4. The molecule has 26 nitrogen and oxygen atoms in total. The van der Waals surface area contributed by atoms with Crippen molar-refractivity contribution in [2.45, 2.75) is 357 Å². The quantitative estimate of drug-likeness (QED) is 0.0197. The Hall–Kier alpha value is -3.33. The van der Waals surface area contributed by atoms with Gasteiger partial charge in [-0.25, -0.2) is 4.18 Å². The molecule has 27 heteroatoms. The number of aliphatic hydroxyl groups is 7. The van der Waals surface area contributed by atoms with Crippen molar-refractivity contribution in [3.8, 4) is 0 Å². The smallest absolute Gasteiger partial charge is 0.393 e. The van der Waals surface area contributed by atoms with Gasteiger partial charge in [0.15, 0.2) is 17.4 Å². The van der Waals surface area contributed by atoms with Crippen LogP contribution in [0.1, 0.15) is 244 Å². The molecule has 4 aliphatic rings. The molecule has 94 heavy (non-hydrogen) atoms. The summed E-state index contributed by atoms with van der Waals surface area (Å²) in [5, 5.41) is 102. The highest BCUT2D eigenvalue weighted by Crippen LogP contribution is 2.66. The minimum atomic E-state index is -5.25. The average molecular weight is 1370 g/mol. The number of amides is 4. The minimum Gasteiger partial charge on any atom is -0.393 e. The van der Waals surface area contributed by atoms with E-state index in [4.69, 9.17) is 37.3 Å². The Morgan fingerprint density at radius 3 is 1.17 bits per heavy atom. The van der Waals surface area contributed by atoms with Crippen molar-refractivity contribution in [1.29, 1.82) is 0 Å². The highest BCUT2D eigenvalue weighted by molar-refractivity contribution is 7.80. The van der Waals surface area contributed by atoms with Gasteiger partial charge in [-0.05, 0) is 189 Å². The van der Waals surface area contributed by atoms with Crippen LogP contribution < -0.4 is 21.3 Å². The van der Waals surface area contributed by atoms with Crippen molar-refractivity contribution in [2.24, 2.45) is 0 Å². The van der Waals surface area contributed by atoms with Gasteiger partial charge in [0.2, 0.25) is 23.6 Å². The average Bonchev–Trinajstić information content (AvgIpc) is 0.663. The SMILES string of the molecule is CCCCCC/C=C\CCCCC/C=C\C(=O)NC1(C)[C@](C)(O[C@]2(C)C(C)(CO)O[C@@](C)(O[C@]3(C)C(C)(CO)O[C@@](C)(O[C@]4(C)C(C)(COS(=O)(=O)O)OC(C)C(C)(NC(C)=O)[C@@]4(C)O)C(C)(NC(C)=O)[C@@]3(C)O)C(C)(NC(C)=O)[C@@]2(C)O)OC(C)(CC)[C@@](C)(O)[C@]1(C)O. The summed E-state index contributed by atoms with van der Waals surface area (Å²) in [6.07, 6.45) is 16.3. The fourth-order valence-electron chi connectivity index (χ4n) is 15.6. The van der Waals surface area contributed by atoms with E-state index in [1.165, 1.54) is 177 Å². The lowest BCUT2D eigenvalue weighted by molar-refractivity contribution is -0.520. The number of ether oxygens (including phenoxy) is 7. The molecule has 0 aliphatic carbocycles. The predicted molar refractivity (Wildman–Crippen MR) is 350 cm³/mol. The molecule has 20 atom stereocenters. The van der Waals surface area contributed by atoms with Gasteiger partial charge >= 0.3 is 10.4 Å². The number of hydrogen-bond acceptors (Lipinski definition) is 21. The Morgan fingerprint density at radius 2 is 0.819 bits per heavy atom. The van der Waals surface area contributed by atoms with Crippen LogP contribution in [0.3, 0.4) is 0 Å². The summed E-state index contributed by atoms with van der Waals surface area (Å²) in [5.41, 5.74) is -37.7. The Bertz CT molecular complexity index is 2950. The lowest BCUT2D eigenvalue weighted by Crippen LogP contribution is -2.95. The number of rotatable bonds is 28. The van der Waals surface area contributed by atoms with Crippen molar-refractivity contribution in [3.63, 3.8) is 0 Å². The maximum absolute atomic E-state index is 14.4. The fraction of sp³-hybridized carbons (Fsp3) is 0.881. The molecular formula is C67H120N4O22S. The Morgan fingerprint density at radius 1 is 0.468 bits per heavy atom. The number of nitrogens with one attached hydrogen (secondary N) is 4. The van der Waals surface area contributed by atoms with E-state index in [-0.39, 0.29) is 6.42 Å². The minimum absolute atomic E-state index is 0.0274. The molecule has 0 radical (unpaired) electrons. The summed E-state index contributed by atoms with van der Waals surface area (Å²) in [7, 11) is -5.25. The van der Waals surface area contributed by atoms with Crippen molar-refractivity contribution >= 4 is 34.0 Å². The van der Waals surface area contributed by atoms with Crippen molar-refractivity contribution in [3.05, 3.63) is 24.3 Å². The van der Waals surface area contributed by atoms with Gasteiger partial charge in [0.1, 0.15) is 84.8 Å². The van der Waals surface area contributed by atoms with Crippen LogP contribution in [0, 0.1) is 0 Å². The van der Waals surface area contributed by atoms with Gasteiger partial charge in [-0.2, -0.15) is 8.42 Å². The first-order chi connectivity index (χ1) is 42.2. The maximum atomic E-state index is 14.4. The third kappa shape index (κ3) is 12.9. The molecule has 0 bridgehead atoms. The number of carbonyl (C=O) groups excluding carboxylic acids is 4. The number of carbonyl (C=O) groups is 4. The molecule has 4 heterocycles. The van der Waals surface area contributed by atoms with E-state index >= 15 is 0 Å². The third-order valence-electron chi connectivity index (χ3n) is 24.5. The first-order valence-electron chi connectivity index (χ1n) is 33.1. The van der Waals surface area contributed by atoms with Crippen molar-refractivity contribution in [1.82, 2.24) is 21.3 Å². The molecule has 0 aromatic heterocycles. The first kappa shape index (κ1) is 83.1. The lowest BCUT2D eigenvalue weighted by atomic mass is 9.56. The number of aliphatic hydroxyl groups excluding tert-OH is 2. The number of hydrogen-bond donors (Lipinski definition) is 12. The molecule has 0 aromatic rings. The fourth-order valence-corrected chi connectivity index (χ4v) is 16.0. The van der Waals surface area contributed by atoms with Crippen LogP contribution in [0.15, 0.2) is 24.3 Å². The molecule has 0 saturated carbocycles. The van der Waals surface area contributed by atoms with E-state index in [2.05, 4.69) is 40.3 Å². The van der Waals surface area contributed by atoms with E-state index in [9.17, 15) is 67.9 Å². The molecule has 4 amide bonds. The Balaban J connectivity index is 1.98. The Kier molecular flexibility index (Phi) is 23.8. The summed E-state index contributed by atoms with van der Waals surface area (Å²) in [6.45, 7) is 30.5. The Labute approximate surface area is 559 Å². The number of unbranched alkanes of at least 4 members (excludes halogenated alkanes) is 8. The molecule has 4 aliphatic heterocycles. The molecule has 0 spiro atoms. The van der Waals surface area contributed by atoms with Crippen LogP contribution in [0.5, 0.6) is 0 Å². The topological polar surface area (TPSA) is 386 Å². The van der Waals surface area contributed by atoms with E-state index < -0.39 is 167 Å². The van der Waals surface area contributed by atoms with E-state index in [0.29, 0.717) is 6.42 Å². The zero-order valence-electron chi connectivity index (χ0n) is 61.0. The summed E-state index contributed by atoms with van der Waals surface area (Å²) < 4.78 is 89.0. The number of allylic oxidation sites excluding steroid dienone is 3. The predicted octanol–water partition coefficient (Wildman–Crippen LogP) is 5.57.